The number of thiophene rings is 1. The standard InChI is InChI=1S/C16H27BrN2S/c1-4-16(3,19-10-7-6-8-11-19)15(18-5-2)14-13(17)9-12-20-14/h9,12,15,18H,4-8,10-11H2,1-3H3. The van der Waals surface area contributed by atoms with Crippen LogP contribution in [-0.4, -0.2) is 30.1 Å². The van der Waals surface area contributed by atoms with E-state index in [2.05, 4.69) is 58.4 Å². The lowest BCUT2D eigenvalue weighted by Gasteiger charge is -2.48. The third-order valence-electron chi connectivity index (χ3n) is 4.73. The van der Waals surface area contributed by atoms with Crippen molar-refractivity contribution in [2.45, 2.75) is 58.0 Å². The van der Waals surface area contributed by atoms with Crippen molar-refractivity contribution in [1.29, 1.82) is 0 Å². The van der Waals surface area contributed by atoms with Gasteiger partial charge in [-0.2, -0.15) is 0 Å². The number of likely N-dealkylation sites (N-methyl/N-ethyl adjacent to an activating group) is 1. The van der Waals surface area contributed by atoms with Crippen LogP contribution >= 0.6 is 27.3 Å². The molecule has 2 atom stereocenters. The van der Waals surface area contributed by atoms with Crippen LogP contribution in [0.2, 0.25) is 0 Å². The number of halogens is 1. The molecule has 2 nitrogen and oxygen atoms in total. The van der Waals surface area contributed by atoms with Crippen LogP contribution in [0.1, 0.15) is 57.4 Å². The van der Waals surface area contributed by atoms with Crippen molar-refractivity contribution in [1.82, 2.24) is 10.2 Å². The topological polar surface area (TPSA) is 15.3 Å². The fourth-order valence-electron chi connectivity index (χ4n) is 3.33. The number of nitrogens with one attached hydrogen (secondary N) is 1. The summed E-state index contributed by atoms with van der Waals surface area (Å²) in [6, 6.07) is 2.58. The molecule has 0 bridgehead atoms. The highest BCUT2D eigenvalue weighted by Crippen LogP contribution is 2.41. The lowest BCUT2D eigenvalue weighted by molar-refractivity contribution is 0.0438. The lowest BCUT2D eigenvalue weighted by Crippen LogP contribution is -2.55. The number of piperidine rings is 1. The second-order valence-electron chi connectivity index (χ2n) is 5.88. The van der Waals surface area contributed by atoms with Crippen molar-refractivity contribution in [3.05, 3.63) is 20.8 Å². The maximum Gasteiger partial charge on any atom is 0.0610 e. The van der Waals surface area contributed by atoms with E-state index in [-0.39, 0.29) is 5.54 Å². The van der Waals surface area contributed by atoms with Crippen LogP contribution < -0.4 is 5.32 Å². The molecule has 2 heterocycles. The monoisotopic (exact) mass is 358 g/mol. The Morgan fingerprint density at radius 1 is 1.35 bits per heavy atom. The van der Waals surface area contributed by atoms with Crippen LogP contribution in [0.25, 0.3) is 0 Å². The van der Waals surface area contributed by atoms with Gasteiger partial charge in [0.15, 0.2) is 0 Å². The van der Waals surface area contributed by atoms with Gasteiger partial charge in [-0.05, 0) is 73.2 Å². The van der Waals surface area contributed by atoms with Crippen molar-refractivity contribution in [2.24, 2.45) is 0 Å². The molecule has 0 aliphatic carbocycles. The molecule has 2 unspecified atom stereocenters. The minimum absolute atomic E-state index is 0.198. The summed E-state index contributed by atoms with van der Waals surface area (Å²) in [6.07, 6.45) is 5.26. The van der Waals surface area contributed by atoms with Gasteiger partial charge < -0.3 is 5.32 Å². The molecule has 1 saturated heterocycles. The molecular formula is C16H27BrN2S. The third kappa shape index (κ3) is 3.29. The van der Waals surface area contributed by atoms with E-state index in [0.29, 0.717) is 6.04 Å². The Hall–Kier alpha value is 0.1000. The van der Waals surface area contributed by atoms with Gasteiger partial charge >= 0.3 is 0 Å². The number of hydrogen-bond donors (Lipinski definition) is 1. The van der Waals surface area contributed by atoms with Gasteiger partial charge in [0.1, 0.15) is 0 Å². The summed E-state index contributed by atoms with van der Waals surface area (Å²) in [7, 11) is 0. The van der Waals surface area contributed by atoms with E-state index < -0.39 is 0 Å². The number of nitrogens with zero attached hydrogens (tertiary/aromatic N) is 1. The van der Waals surface area contributed by atoms with E-state index in [1.54, 1.807) is 0 Å². The Balaban J connectivity index is 2.30. The normalized spacial score (nSPS) is 21.6. The number of hydrogen-bond acceptors (Lipinski definition) is 3. The third-order valence-corrected chi connectivity index (χ3v) is 6.67. The van der Waals surface area contributed by atoms with Crippen molar-refractivity contribution in [2.75, 3.05) is 19.6 Å². The molecule has 20 heavy (non-hydrogen) atoms. The Morgan fingerprint density at radius 2 is 2.05 bits per heavy atom. The second kappa shape index (κ2) is 7.39. The van der Waals surface area contributed by atoms with E-state index in [1.165, 1.54) is 48.1 Å². The maximum atomic E-state index is 3.75. The Labute approximate surface area is 136 Å². The number of likely N-dealkylation sites (tertiary alicyclic amines) is 1. The summed E-state index contributed by atoms with van der Waals surface area (Å²) in [5, 5.41) is 5.94. The first-order valence-electron chi connectivity index (χ1n) is 7.84. The zero-order valence-corrected chi connectivity index (χ0v) is 15.3. The molecule has 1 aliphatic heterocycles. The molecule has 114 valence electrons. The molecule has 1 aromatic rings. The van der Waals surface area contributed by atoms with Gasteiger partial charge in [0.05, 0.1) is 6.04 Å². The van der Waals surface area contributed by atoms with Crippen LogP contribution in [0.4, 0.5) is 0 Å². The molecule has 0 radical (unpaired) electrons. The minimum Gasteiger partial charge on any atom is -0.308 e. The highest BCUT2D eigenvalue weighted by Gasteiger charge is 2.40. The van der Waals surface area contributed by atoms with Crippen LogP contribution in [-0.2, 0) is 0 Å². The highest BCUT2D eigenvalue weighted by molar-refractivity contribution is 9.10. The maximum absolute atomic E-state index is 3.75. The summed E-state index contributed by atoms with van der Waals surface area (Å²) in [5.74, 6) is 0. The molecule has 4 heteroatoms. The molecule has 0 saturated carbocycles. The number of rotatable bonds is 6. The Kier molecular flexibility index (Phi) is 6.09. The fourth-order valence-corrected chi connectivity index (χ4v) is 5.15. The predicted octanol–water partition coefficient (Wildman–Crippen LogP) is 4.82. The summed E-state index contributed by atoms with van der Waals surface area (Å²) in [4.78, 5) is 4.16. The Morgan fingerprint density at radius 3 is 2.55 bits per heavy atom. The lowest BCUT2D eigenvalue weighted by atomic mass is 9.84. The average Bonchev–Trinajstić information content (AvgIpc) is 2.91. The van der Waals surface area contributed by atoms with E-state index in [9.17, 15) is 0 Å². The van der Waals surface area contributed by atoms with Gasteiger partial charge in [-0.15, -0.1) is 11.3 Å². The molecule has 0 spiro atoms. The molecule has 1 fully saturated rings. The molecule has 1 aromatic heterocycles. The molecule has 1 N–H and O–H groups in total. The van der Waals surface area contributed by atoms with E-state index in [0.717, 1.165) is 6.54 Å². The zero-order chi connectivity index (χ0) is 14.6. The van der Waals surface area contributed by atoms with E-state index in [4.69, 9.17) is 0 Å². The summed E-state index contributed by atoms with van der Waals surface area (Å²) in [5.41, 5.74) is 0.198. The van der Waals surface area contributed by atoms with E-state index >= 15 is 0 Å². The first-order chi connectivity index (χ1) is 9.63. The highest BCUT2D eigenvalue weighted by atomic mass is 79.9. The van der Waals surface area contributed by atoms with Crippen molar-refractivity contribution in [3.8, 4) is 0 Å². The summed E-state index contributed by atoms with van der Waals surface area (Å²) in [6.45, 7) is 10.5. The van der Waals surface area contributed by atoms with Crippen LogP contribution in [0.5, 0.6) is 0 Å². The van der Waals surface area contributed by atoms with Gasteiger partial charge in [0, 0.05) is 14.9 Å². The fraction of sp³-hybridized carbons (Fsp3) is 0.750. The quantitative estimate of drug-likeness (QED) is 0.784. The summed E-state index contributed by atoms with van der Waals surface area (Å²) < 4.78 is 1.25. The molecular weight excluding hydrogens is 332 g/mol. The van der Waals surface area contributed by atoms with Crippen molar-refractivity contribution in [3.63, 3.8) is 0 Å². The van der Waals surface area contributed by atoms with Crippen LogP contribution in [0.3, 0.4) is 0 Å². The Bertz CT molecular complexity index is 414. The zero-order valence-electron chi connectivity index (χ0n) is 12.9. The van der Waals surface area contributed by atoms with Gasteiger partial charge in [-0.1, -0.05) is 20.3 Å². The van der Waals surface area contributed by atoms with Crippen molar-refractivity contribution < 1.29 is 0 Å². The molecule has 2 rings (SSSR count). The smallest absolute Gasteiger partial charge is 0.0610 e. The SMILES string of the molecule is CCNC(c1sccc1Br)C(C)(CC)N1CCCCC1. The van der Waals surface area contributed by atoms with Crippen LogP contribution in [0, 0.1) is 0 Å². The predicted molar refractivity (Wildman–Crippen MR) is 92.6 cm³/mol. The first-order valence-corrected chi connectivity index (χ1v) is 9.52. The van der Waals surface area contributed by atoms with Gasteiger partial charge in [-0.25, -0.2) is 0 Å². The van der Waals surface area contributed by atoms with Crippen LogP contribution in [0.15, 0.2) is 15.9 Å². The second-order valence-corrected chi connectivity index (χ2v) is 7.68. The summed E-state index contributed by atoms with van der Waals surface area (Å²) >= 11 is 5.60. The van der Waals surface area contributed by atoms with E-state index in [1.807, 2.05) is 11.3 Å². The molecule has 0 aromatic carbocycles. The molecule has 0 amide bonds. The van der Waals surface area contributed by atoms with Gasteiger partial charge in [0.2, 0.25) is 0 Å². The van der Waals surface area contributed by atoms with Gasteiger partial charge in [-0.3, -0.25) is 4.90 Å². The van der Waals surface area contributed by atoms with Gasteiger partial charge in [0.25, 0.3) is 0 Å². The largest absolute Gasteiger partial charge is 0.308 e. The van der Waals surface area contributed by atoms with Crippen molar-refractivity contribution >= 4 is 27.3 Å². The average molecular weight is 359 g/mol. The first kappa shape index (κ1) is 16.5. The molecule has 1 aliphatic rings. The minimum atomic E-state index is 0.198.